The van der Waals surface area contributed by atoms with Crippen LogP contribution in [0.5, 0.6) is 11.5 Å². The summed E-state index contributed by atoms with van der Waals surface area (Å²) in [4.78, 5) is 26.3. The molecule has 0 spiro atoms. The van der Waals surface area contributed by atoms with E-state index >= 15 is 0 Å². The number of ether oxygens (including phenoxy) is 2. The minimum absolute atomic E-state index is 0.0126. The molecule has 0 radical (unpaired) electrons. The van der Waals surface area contributed by atoms with Crippen molar-refractivity contribution in [2.75, 3.05) is 0 Å². The Labute approximate surface area is 185 Å². The third kappa shape index (κ3) is 4.07. The van der Waals surface area contributed by atoms with E-state index in [4.69, 9.17) is 9.47 Å². The Morgan fingerprint density at radius 2 is 1.28 bits per heavy atom. The molecular weight excluding hydrogens is 408 g/mol. The second-order valence-corrected chi connectivity index (χ2v) is 7.92. The zero-order chi connectivity index (χ0) is 22.9. The normalized spacial score (nSPS) is 14.2. The van der Waals surface area contributed by atoms with E-state index in [0.29, 0.717) is 16.9 Å². The molecule has 0 atom stereocenters. The van der Waals surface area contributed by atoms with E-state index in [1.165, 1.54) is 12.3 Å². The smallest absolute Gasteiger partial charge is 0.244 e. The molecule has 3 aromatic carbocycles. The molecule has 0 unspecified atom stereocenters. The van der Waals surface area contributed by atoms with E-state index in [9.17, 15) is 19.8 Å². The minimum atomic E-state index is -0.888. The summed E-state index contributed by atoms with van der Waals surface area (Å²) in [6.45, 7) is 3.44. The quantitative estimate of drug-likeness (QED) is 0.550. The van der Waals surface area contributed by atoms with Gasteiger partial charge >= 0.3 is 0 Å². The van der Waals surface area contributed by atoms with Crippen LogP contribution in [-0.2, 0) is 15.9 Å². The first kappa shape index (κ1) is 21.2. The van der Waals surface area contributed by atoms with Crippen molar-refractivity contribution >= 4 is 11.6 Å². The van der Waals surface area contributed by atoms with Crippen molar-refractivity contribution in [1.29, 1.82) is 0 Å². The summed E-state index contributed by atoms with van der Waals surface area (Å²) in [5.74, 6) is -2.29. The van der Waals surface area contributed by atoms with Crippen LogP contribution in [0, 0.1) is 0 Å². The second-order valence-electron chi connectivity index (χ2n) is 7.92. The molecule has 1 heterocycles. The molecule has 0 aliphatic carbocycles. The molecule has 0 aromatic heterocycles. The van der Waals surface area contributed by atoms with Crippen LogP contribution in [-0.4, -0.2) is 27.6 Å². The maximum absolute atomic E-state index is 13.2. The van der Waals surface area contributed by atoms with E-state index in [1.54, 1.807) is 74.5 Å². The standard InChI is InChI=1S/C26H22O6/c1-26(2)31-15-18(32-26)13-19-24(29)20(22(27)16-9-5-3-6-10-16)14-21(25(19)30)23(28)17-11-7-4-8-12-17/h3-12,14-15,29-30H,13H2,1-2H3. The number of hydrogen-bond donors (Lipinski definition) is 2. The van der Waals surface area contributed by atoms with E-state index in [2.05, 4.69) is 0 Å². The van der Waals surface area contributed by atoms with Gasteiger partial charge in [-0.2, -0.15) is 0 Å². The average Bonchev–Trinajstić information content (AvgIpc) is 3.15. The first-order valence-corrected chi connectivity index (χ1v) is 10.1. The first-order valence-electron chi connectivity index (χ1n) is 10.1. The SMILES string of the molecule is CC1(C)OC=C(Cc2c(O)c(C(=O)c3ccccc3)cc(C(=O)c3ccccc3)c2O)O1. The molecule has 4 rings (SSSR count). The number of aromatic hydroxyl groups is 2. The van der Waals surface area contributed by atoms with Crippen molar-refractivity contribution < 1.29 is 29.3 Å². The number of phenolic OH excluding ortho intramolecular Hbond substituents is 2. The second kappa shape index (κ2) is 8.23. The van der Waals surface area contributed by atoms with Crippen LogP contribution >= 0.6 is 0 Å². The van der Waals surface area contributed by atoms with Gasteiger partial charge in [0.05, 0.1) is 11.1 Å². The molecule has 0 amide bonds. The molecule has 32 heavy (non-hydrogen) atoms. The molecule has 162 valence electrons. The number of rotatable bonds is 6. The van der Waals surface area contributed by atoms with E-state index in [-0.39, 0.29) is 23.1 Å². The molecule has 3 aromatic rings. The van der Waals surface area contributed by atoms with Crippen molar-refractivity contribution in [2.24, 2.45) is 0 Å². The average molecular weight is 430 g/mol. The van der Waals surface area contributed by atoms with Gasteiger partial charge in [0.25, 0.3) is 0 Å². The van der Waals surface area contributed by atoms with Crippen molar-refractivity contribution in [3.05, 3.63) is 107 Å². The van der Waals surface area contributed by atoms with Gasteiger partial charge in [-0.15, -0.1) is 0 Å². The summed E-state index contributed by atoms with van der Waals surface area (Å²) in [5.41, 5.74) is 0.541. The lowest BCUT2D eigenvalue weighted by Gasteiger charge is -2.19. The highest BCUT2D eigenvalue weighted by Crippen LogP contribution is 2.39. The van der Waals surface area contributed by atoms with Crippen LogP contribution in [0.1, 0.15) is 51.3 Å². The van der Waals surface area contributed by atoms with Crippen LogP contribution < -0.4 is 0 Å². The van der Waals surface area contributed by atoms with Crippen molar-refractivity contribution in [3.8, 4) is 11.5 Å². The zero-order valence-corrected chi connectivity index (χ0v) is 17.7. The zero-order valence-electron chi connectivity index (χ0n) is 17.7. The van der Waals surface area contributed by atoms with Gasteiger partial charge in [0, 0.05) is 37.0 Å². The Morgan fingerprint density at radius 3 is 1.69 bits per heavy atom. The molecule has 6 nitrogen and oxygen atoms in total. The summed E-state index contributed by atoms with van der Waals surface area (Å²) in [7, 11) is 0. The Hall–Kier alpha value is -4.06. The lowest BCUT2D eigenvalue weighted by molar-refractivity contribution is -0.117. The van der Waals surface area contributed by atoms with Crippen LogP contribution in [0.4, 0.5) is 0 Å². The molecule has 1 aliphatic heterocycles. The first-order chi connectivity index (χ1) is 15.3. The number of benzene rings is 3. The lowest BCUT2D eigenvalue weighted by Crippen LogP contribution is -2.20. The molecule has 6 heteroatoms. The molecule has 1 aliphatic rings. The molecule has 0 bridgehead atoms. The van der Waals surface area contributed by atoms with Gasteiger partial charge in [0.15, 0.2) is 11.6 Å². The van der Waals surface area contributed by atoms with Crippen LogP contribution in [0.15, 0.2) is 78.8 Å². The van der Waals surface area contributed by atoms with Gasteiger partial charge < -0.3 is 19.7 Å². The fourth-order valence-corrected chi connectivity index (χ4v) is 3.55. The Morgan fingerprint density at radius 1 is 0.812 bits per heavy atom. The summed E-state index contributed by atoms with van der Waals surface area (Å²) in [5, 5.41) is 21.9. The highest BCUT2D eigenvalue weighted by atomic mass is 16.7. The third-order valence-electron chi connectivity index (χ3n) is 5.13. The fraction of sp³-hybridized carbons (Fsp3) is 0.154. The van der Waals surface area contributed by atoms with Crippen LogP contribution in [0.3, 0.4) is 0 Å². The summed E-state index contributed by atoms with van der Waals surface area (Å²) in [6.07, 6.45) is 1.33. The van der Waals surface area contributed by atoms with Gasteiger partial charge in [0.1, 0.15) is 23.5 Å². The number of phenols is 2. The number of allylic oxidation sites excluding steroid dienone is 1. The van der Waals surface area contributed by atoms with Gasteiger partial charge in [-0.3, -0.25) is 9.59 Å². The minimum Gasteiger partial charge on any atom is -0.507 e. The van der Waals surface area contributed by atoms with E-state index in [1.807, 2.05) is 0 Å². The Bertz CT molecular complexity index is 1130. The number of carbonyl (C=O) groups is 2. The van der Waals surface area contributed by atoms with Crippen LogP contribution in [0.2, 0.25) is 0 Å². The number of ketones is 2. The summed E-state index contributed by atoms with van der Waals surface area (Å²) in [6, 6.07) is 18.1. The predicted molar refractivity (Wildman–Crippen MR) is 118 cm³/mol. The summed E-state index contributed by atoms with van der Waals surface area (Å²) < 4.78 is 11.1. The largest absolute Gasteiger partial charge is 0.507 e. The topological polar surface area (TPSA) is 93.1 Å². The van der Waals surface area contributed by atoms with Gasteiger partial charge in [-0.1, -0.05) is 60.7 Å². The van der Waals surface area contributed by atoms with Gasteiger partial charge in [-0.25, -0.2) is 0 Å². The predicted octanol–water partition coefficient (Wildman–Crippen LogP) is 4.73. The van der Waals surface area contributed by atoms with E-state index < -0.39 is 28.9 Å². The Balaban J connectivity index is 1.84. The molecule has 0 fully saturated rings. The van der Waals surface area contributed by atoms with Crippen LogP contribution in [0.25, 0.3) is 0 Å². The summed E-state index contributed by atoms with van der Waals surface area (Å²) >= 11 is 0. The molecule has 2 N–H and O–H groups in total. The van der Waals surface area contributed by atoms with E-state index in [0.717, 1.165) is 0 Å². The monoisotopic (exact) mass is 430 g/mol. The van der Waals surface area contributed by atoms with Gasteiger partial charge in [-0.05, 0) is 6.07 Å². The van der Waals surface area contributed by atoms with Crippen molar-refractivity contribution in [2.45, 2.75) is 26.1 Å². The van der Waals surface area contributed by atoms with Crippen molar-refractivity contribution in [3.63, 3.8) is 0 Å². The van der Waals surface area contributed by atoms with Gasteiger partial charge in [0.2, 0.25) is 5.79 Å². The number of hydrogen-bond acceptors (Lipinski definition) is 6. The highest BCUT2D eigenvalue weighted by molar-refractivity contribution is 6.16. The molecular formula is C26H22O6. The maximum Gasteiger partial charge on any atom is 0.244 e. The lowest BCUT2D eigenvalue weighted by atomic mass is 9.91. The Kier molecular flexibility index (Phi) is 5.45. The fourth-order valence-electron chi connectivity index (χ4n) is 3.55. The van der Waals surface area contributed by atoms with Crippen molar-refractivity contribution in [1.82, 2.24) is 0 Å². The maximum atomic E-state index is 13.2. The highest BCUT2D eigenvalue weighted by Gasteiger charge is 2.31. The molecule has 0 saturated carbocycles. The number of carbonyl (C=O) groups excluding carboxylic acids is 2. The molecule has 0 saturated heterocycles. The third-order valence-corrected chi connectivity index (χ3v) is 5.13.